The maximum atomic E-state index is 10.6. The zero-order chi connectivity index (χ0) is 20.1. The third kappa shape index (κ3) is 4.70. The molecule has 0 saturated heterocycles. The quantitative estimate of drug-likeness (QED) is 0.458. The molecule has 5 nitrogen and oxygen atoms in total. The molecule has 1 heterocycles. The highest BCUT2D eigenvalue weighted by molar-refractivity contribution is 6.32. The predicted octanol–water partition coefficient (Wildman–Crippen LogP) is 4.71. The summed E-state index contributed by atoms with van der Waals surface area (Å²) < 4.78 is 13.5. The highest BCUT2D eigenvalue weighted by atomic mass is 35.5. The van der Waals surface area contributed by atoms with Crippen LogP contribution in [0, 0.1) is 0 Å². The first-order valence-electron chi connectivity index (χ1n) is 9.38. The van der Waals surface area contributed by atoms with Gasteiger partial charge in [0.15, 0.2) is 0 Å². The average molecular weight is 409 g/mol. The van der Waals surface area contributed by atoms with E-state index in [2.05, 4.69) is 4.98 Å². The zero-order valence-corrected chi connectivity index (χ0v) is 16.5. The summed E-state index contributed by atoms with van der Waals surface area (Å²) in [5, 5.41) is 11.1. The van der Waals surface area contributed by atoms with E-state index in [1.54, 1.807) is 12.1 Å². The highest BCUT2D eigenvalue weighted by Gasteiger charge is 2.16. The Hall–Kier alpha value is -3.02. The van der Waals surface area contributed by atoms with Crippen molar-refractivity contribution in [2.45, 2.75) is 19.3 Å². The summed E-state index contributed by atoms with van der Waals surface area (Å²) >= 11 is 6.11. The Morgan fingerprint density at radius 2 is 1.62 bits per heavy atom. The summed E-state index contributed by atoms with van der Waals surface area (Å²) in [6.07, 6.45) is -0.737. The number of rotatable bonds is 8. The van der Waals surface area contributed by atoms with Gasteiger partial charge in [0.1, 0.15) is 36.6 Å². The minimum absolute atomic E-state index is 0.120. The van der Waals surface area contributed by atoms with Gasteiger partial charge in [-0.05, 0) is 36.4 Å². The second kappa shape index (κ2) is 8.99. The molecule has 4 aromatic rings. The number of aliphatic hydroxyl groups is 1. The fraction of sp³-hybridized carbons (Fsp3) is 0.174. The molecule has 0 aliphatic rings. The summed E-state index contributed by atoms with van der Waals surface area (Å²) in [4.78, 5) is 4.68. The molecular weight excluding hydrogens is 388 g/mol. The fourth-order valence-electron chi connectivity index (χ4n) is 3.12. The Balaban J connectivity index is 1.49. The van der Waals surface area contributed by atoms with Crippen LogP contribution in [0.25, 0.3) is 11.0 Å². The van der Waals surface area contributed by atoms with Crippen LogP contribution in [0.4, 0.5) is 0 Å². The average Bonchev–Trinajstić information content (AvgIpc) is 3.10. The molecule has 0 unspecified atom stereocenters. The summed E-state index contributed by atoms with van der Waals surface area (Å²) in [6.45, 7) is 0.754. The highest BCUT2D eigenvalue weighted by Crippen LogP contribution is 2.24. The first-order chi connectivity index (χ1) is 14.2. The Labute approximate surface area is 174 Å². The predicted molar refractivity (Wildman–Crippen MR) is 113 cm³/mol. The van der Waals surface area contributed by atoms with E-state index in [4.69, 9.17) is 21.1 Å². The van der Waals surface area contributed by atoms with Crippen molar-refractivity contribution >= 4 is 22.6 Å². The van der Waals surface area contributed by atoms with Crippen molar-refractivity contribution in [1.29, 1.82) is 0 Å². The van der Waals surface area contributed by atoms with Crippen LogP contribution in [0.15, 0.2) is 78.9 Å². The van der Waals surface area contributed by atoms with E-state index in [0.717, 1.165) is 22.6 Å². The molecule has 0 bridgehead atoms. The third-order valence-corrected chi connectivity index (χ3v) is 4.82. The smallest absolute Gasteiger partial charge is 0.148 e. The van der Waals surface area contributed by atoms with Crippen molar-refractivity contribution in [2.75, 3.05) is 6.61 Å². The molecule has 0 aliphatic heterocycles. The van der Waals surface area contributed by atoms with E-state index >= 15 is 0 Å². The molecule has 0 amide bonds. The van der Waals surface area contributed by atoms with Crippen molar-refractivity contribution in [3.05, 3.63) is 89.7 Å². The van der Waals surface area contributed by atoms with Gasteiger partial charge >= 0.3 is 0 Å². The lowest BCUT2D eigenvalue weighted by atomic mass is 10.3. The van der Waals surface area contributed by atoms with Crippen molar-refractivity contribution in [3.8, 4) is 11.5 Å². The lowest BCUT2D eigenvalue weighted by Gasteiger charge is -2.16. The zero-order valence-electron chi connectivity index (χ0n) is 15.7. The second-order valence-electron chi connectivity index (χ2n) is 6.62. The molecule has 6 heteroatoms. The minimum atomic E-state index is -0.737. The maximum absolute atomic E-state index is 10.6. The van der Waals surface area contributed by atoms with Gasteiger partial charge in [0.2, 0.25) is 0 Å². The summed E-state index contributed by atoms with van der Waals surface area (Å²) in [5.41, 5.74) is 1.80. The molecule has 0 saturated carbocycles. The lowest BCUT2D eigenvalue weighted by Crippen LogP contribution is -2.25. The summed E-state index contributed by atoms with van der Waals surface area (Å²) in [5.74, 6) is 2.07. The van der Waals surface area contributed by atoms with Gasteiger partial charge in [-0.25, -0.2) is 4.98 Å². The number of benzene rings is 3. The monoisotopic (exact) mass is 408 g/mol. The molecule has 148 valence electrons. The first kappa shape index (κ1) is 19.3. The van der Waals surface area contributed by atoms with E-state index in [0.29, 0.717) is 23.9 Å². The van der Waals surface area contributed by atoms with Crippen LogP contribution in [0.5, 0.6) is 11.5 Å². The number of hydrogen-bond acceptors (Lipinski definition) is 4. The van der Waals surface area contributed by atoms with Gasteiger partial charge in [0, 0.05) is 0 Å². The van der Waals surface area contributed by atoms with E-state index in [-0.39, 0.29) is 6.61 Å². The molecule has 3 aromatic carbocycles. The molecule has 1 atom stereocenters. The van der Waals surface area contributed by atoms with Crippen LogP contribution in [-0.2, 0) is 13.2 Å². The van der Waals surface area contributed by atoms with Gasteiger partial charge in [0.25, 0.3) is 0 Å². The SMILES string of the molecule is O[C@@H](COc1ccccc1Cl)Cn1c(COc2ccccc2)nc2ccccc21. The van der Waals surface area contributed by atoms with Crippen molar-refractivity contribution < 1.29 is 14.6 Å². The number of halogens is 1. The van der Waals surface area contributed by atoms with E-state index < -0.39 is 6.10 Å². The summed E-state index contributed by atoms with van der Waals surface area (Å²) in [7, 11) is 0. The Morgan fingerprint density at radius 1 is 0.897 bits per heavy atom. The lowest BCUT2D eigenvalue weighted by molar-refractivity contribution is 0.0918. The van der Waals surface area contributed by atoms with Crippen LogP contribution in [0.1, 0.15) is 5.82 Å². The number of aromatic nitrogens is 2. The largest absolute Gasteiger partial charge is 0.489 e. The Morgan fingerprint density at radius 3 is 2.45 bits per heavy atom. The number of ether oxygens (including phenoxy) is 2. The van der Waals surface area contributed by atoms with Gasteiger partial charge in [-0.2, -0.15) is 0 Å². The molecule has 1 N–H and O–H groups in total. The van der Waals surface area contributed by atoms with E-state index in [1.165, 1.54) is 0 Å². The molecule has 0 aliphatic carbocycles. The van der Waals surface area contributed by atoms with Crippen LogP contribution >= 0.6 is 11.6 Å². The number of aliphatic hydroxyl groups excluding tert-OH is 1. The van der Waals surface area contributed by atoms with Gasteiger partial charge in [0.05, 0.1) is 22.6 Å². The van der Waals surface area contributed by atoms with Crippen LogP contribution < -0.4 is 9.47 Å². The molecule has 4 rings (SSSR count). The number of imidazole rings is 1. The van der Waals surface area contributed by atoms with Crippen molar-refractivity contribution in [1.82, 2.24) is 9.55 Å². The molecule has 0 spiro atoms. The van der Waals surface area contributed by atoms with Gasteiger partial charge in [-0.3, -0.25) is 0 Å². The summed E-state index contributed by atoms with van der Waals surface area (Å²) in [6, 6.07) is 24.6. The second-order valence-corrected chi connectivity index (χ2v) is 7.03. The van der Waals surface area contributed by atoms with Crippen LogP contribution in [0.2, 0.25) is 5.02 Å². The number of nitrogens with zero attached hydrogens (tertiary/aromatic N) is 2. The number of para-hydroxylation sites is 4. The minimum Gasteiger partial charge on any atom is -0.489 e. The van der Waals surface area contributed by atoms with Crippen molar-refractivity contribution in [2.24, 2.45) is 0 Å². The van der Waals surface area contributed by atoms with Gasteiger partial charge in [-0.1, -0.05) is 54.1 Å². The van der Waals surface area contributed by atoms with Crippen LogP contribution in [-0.4, -0.2) is 27.4 Å². The van der Waals surface area contributed by atoms with E-state index in [1.807, 2.05) is 71.3 Å². The maximum Gasteiger partial charge on any atom is 0.148 e. The third-order valence-electron chi connectivity index (χ3n) is 4.51. The Kier molecular flexibility index (Phi) is 5.98. The van der Waals surface area contributed by atoms with E-state index in [9.17, 15) is 5.11 Å². The molecule has 29 heavy (non-hydrogen) atoms. The normalized spacial score (nSPS) is 12.1. The standard InChI is InChI=1S/C23H21ClN2O3/c24-19-10-4-7-13-22(19)29-15-17(27)14-26-21-12-6-5-11-20(21)25-23(26)16-28-18-8-2-1-3-9-18/h1-13,17,27H,14-16H2/t17-/m1/s1. The van der Waals surface area contributed by atoms with Crippen LogP contribution in [0.3, 0.4) is 0 Å². The Bertz CT molecular complexity index is 1080. The number of hydrogen-bond donors (Lipinski definition) is 1. The fourth-order valence-corrected chi connectivity index (χ4v) is 3.31. The molecule has 1 aromatic heterocycles. The first-order valence-corrected chi connectivity index (χ1v) is 9.76. The molecule has 0 radical (unpaired) electrons. The number of fused-ring (bicyclic) bond motifs is 1. The van der Waals surface area contributed by atoms with Crippen molar-refractivity contribution in [3.63, 3.8) is 0 Å². The molecule has 0 fully saturated rings. The van der Waals surface area contributed by atoms with Gasteiger partial charge < -0.3 is 19.1 Å². The topological polar surface area (TPSA) is 56.5 Å². The molecular formula is C23H21ClN2O3. The van der Waals surface area contributed by atoms with Gasteiger partial charge in [-0.15, -0.1) is 0 Å².